The Hall–Kier alpha value is -4.36. The number of nitrogens with two attached hydrogens (primary N) is 1. The summed E-state index contributed by atoms with van der Waals surface area (Å²) in [7, 11) is 1.65. The van der Waals surface area contributed by atoms with Crippen LogP contribution in [0, 0.1) is 0 Å². The molecule has 3 heterocycles. The molecule has 0 amide bonds. The van der Waals surface area contributed by atoms with Crippen LogP contribution in [-0.4, -0.2) is 39.6 Å². The number of ether oxygens (including phenoxy) is 1. The van der Waals surface area contributed by atoms with Crippen LogP contribution >= 0.6 is 0 Å². The Morgan fingerprint density at radius 2 is 1.63 bits per heavy atom. The SMILES string of the molecule is COc1ccc(-c2nccc3c(NC[C@H](N)Cc4ccccc4)nc(-c4ccncc4)nc23)cc1. The molecule has 7 nitrogen and oxygen atoms in total. The van der Waals surface area contributed by atoms with Crippen molar-refractivity contribution in [3.63, 3.8) is 0 Å². The number of anilines is 1. The van der Waals surface area contributed by atoms with E-state index in [1.807, 2.05) is 60.7 Å². The van der Waals surface area contributed by atoms with Gasteiger partial charge in [-0.05, 0) is 54.4 Å². The van der Waals surface area contributed by atoms with Crippen molar-refractivity contribution in [2.24, 2.45) is 5.73 Å². The minimum absolute atomic E-state index is 0.0744. The highest BCUT2D eigenvalue weighted by atomic mass is 16.5. The highest BCUT2D eigenvalue weighted by Crippen LogP contribution is 2.31. The van der Waals surface area contributed by atoms with E-state index in [0.29, 0.717) is 12.4 Å². The molecule has 0 bridgehead atoms. The largest absolute Gasteiger partial charge is 0.497 e. The van der Waals surface area contributed by atoms with E-state index in [1.165, 1.54) is 5.56 Å². The van der Waals surface area contributed by atoms with Crippen LogP contribution in [0.15, 0.2) is 91.4 Å². The van der Waals surface area contributed by atoms with Crippen molar-refractivity contribution >= 4 is 16.7 Å². The number of benzene rings is 2. The number of aromatic nitrogens is 4. The van der Waals surface area contributed by atoms with Crippen molar-refractivity contribution in [2.45, 2.75) is 12.5 Å². The second-order valence-electron chi connectivity index (χ2n) is 8.25. The van der Waals surface area contributed by atoms with Crippen molar-refractivity contribution in [1.29, 1.82) is 0 Å². The number of pyridine rings is 2. The van der Waals surface area contributed by atoms with Crippen LogP contribution in [0.3, 0.4) is 0 Å². The van der Waals surface area contributed by atoms with Crippen LogP contribution < -0.4 is 15.8 Å². The molecule has 0 fully saturated rings. The van der Waals surface area contributed by atoms with E-state index in [4.69, 9.17) is 20.4 Å². The first kappa shape index (κ1) is 22.4. The Labute approximate surface area is 204 Å². The molecule has 0 saturated carbocycles. The minimum Gasteiger partial charge on any atom is -0.497 e. The van der Waals surface area contributed by atoms with E-state index < -0.39 is 0 Å². The predicted molar refractivity (Wildman–Crippen MR) is 139 cm³/mol. The molecule has 35 heavy (non-hydrogen) atoms. The van der Waals surface area contributed by atoms with Gasteiger partial charge < -0.3 is 15.8 Å². The predicted octanol–water partition coefficient (Wildman–Crippen LogP) is 4.74. The first-order valence-corrected chi connectivity index (χ1v) is 11.5. The maximum absolute atomic E-state index is 6.46. The van der Waals surface area contributed by atoms with Gasteiger partial charge in [-0.1, -0.05) is 30.3 Å². The molecule has 3 aromatic heterocycles. The summed E-state index contributed by atoms with van der Waals surface area (Å²) in [5, 5.41) is 4.36. The zero-order chi connectivity index (χ0) is 24.0. The summed E-state index contributed by atoms with van der Waals surface area (Å²) in [5.74, 6) is 2.11. The highest BCUT2D eigenvalue weighted by molar-refractivity contribution is 5.98. The maximum atomic E-state index is 6.46. The molecule has 5 rings (SSSR count). The Bertz CT molecular complexity index is 1410. The first-order chi connectivity index (χ1) is 17.2. The third-order valence-corrected chi connectivity index (χ3v) is 5.79. The van der Waals surface area contributed by atoms with Crippen molar-refractivity contribution in [2.75, 3.05) is 19.0 Å². The second-order valence-corrected chi connectivity index (χ2v) is 8.25. The number of methoxy groups -OCH3 is 1. The summed E-state index contributed by atoms with van der Waals surface area (Å²) in [4.78, 5) is 18.6. The highest BCUT2D eigenvalue weighted by Gasteiger charge is 2.15. The van der Waals surface area contributed by atoms with Gasteiger partial charge in [0.05, 0.1) is 12.8 Å². The monoisotopic (exact) mass is 462 g/mol. The first-order valence-electron chi connectivity index (χ1n) is 11.5. The summed E-state index contributed by atoms with van der Waals surface area (Å²) in [5.41, 5.74) is 11.0. The van der Waals surface area contributed by atoms with Gasteiger partial charge in [0.1, 0.15) is 17.1 Å². The molecule has 1 atom stereocenters. The number of nitrogens with one attached hydrogen (secondary N) is 1. The average Bonchev–Trinajstić information content (AvgIpc) is 2.92. The third kappa shape index (κ3) is 5.10. The molecular formula is C28H26N6O. The van der Waals surface area contributed by atoms with Gasteiger partial charge in [-0.2, -0.15) is 0 Å². The van der Waals surface area contributed by atoms with E-state index in [0.717, 1.165) is 45.7 Å². The zero-order valence-electron chi connectivity index (χ0n) is 19.4. The van der Waals surface area contributed by atoms with Crippen molar-refractivity contribution in [3.05, 3.63) is 97.0 Å². The summed E-state index contributed by atoms with van der Waals surface area (Å²) < 4.78 is 5.31. The second kappa shape index (κ2) is 10.3. The van der Waals surface area contributed by atoms with Crippen LogP contribution in [0.5, 0.6) is 5.75 Å². The molecule has 0 saturated heterocycles. The molecule has 2 aromatic carbocycles. The molecule has 174 valence electrons. The number of hydrogen-bond acceptors (Lipinski definition) is 7. The van der Waals surface area contributed by atoms with Gasteiger partial charge in [0.25, 0.3) is 0 Å². The van der Waals surface area contributed by atoms with E-state index >= 15 is 0 Å². The summed E-state index contributed by atoms with van der Waals surface area (Å²) in [6.07, 6.45) is 6.03. The molecule has 0 spiro atoms. The number of nitrogens with zero attached hydrogens (tertiary/aromatic N) is 4. The Balaban J connectivity index is 1.54. The molecule has 0 aliphatic heterocycles. The average molecular weight is 463 g/mol. The summed E-state index contributed by atoms with van der Waals surface area (Å²) in [6.45, 7) is 0.566. The molecule has 0 unspecified atom stereocenters. The van der Waals surface area contributed by atoms with Gasteiger partial charge in [-0.3, -0.25) is 9.97 Å². The fourth-order valence-corrected chi connectivity index (χ4v) is 4.00. The van der Waals surface area contributed by atoms with E-state index in [1.54, 1.807) is 25.7 Å². The molecular weight excluding hydrogens is 436 g/mol. The normalized spacial score (nSPS) is 11.8. The van der Waals surface area contributed by atoms with Crippen molar-refractivity contribution < 1.29 is 4.74 Å². The van der Waals surface area contributed by atoms with Crippen LogP contribution in [0.1, 0.15) is 5.56 Å². The zero-order valence-corrected chi connectivity index (χ0v) is 19.4. The van der Waals surface area contributed by atoms with Gasteiger partial charge in [-0.25, -0.2) is 9.97 Å². The number of fused-ring (bicyclic) bond motifs is 1. The lowest BCUT2D eigenvalue weighted by Crippen LogP contribution is -2.31. The third-order valence-electron chi connectivity index (χ3n) is 5.79. The lowest BCUT2D eigenvalue weighted by Gasteiger charge is -2.16. The van der Waals surface area contributed by atoms with Gasteiger partial charge in [0, 0.05) is 47.7 Å². The topological polar surface area (TPSA) is 98.8 Å². The fourth-order valence-electron chi connectivity index (χ4n) is 4.00. The molecule has 7 heteroatoms. The van der Waals surface area contributed by atoms with Gasteiger partial charge in [0.15, 0.2) is 5.82 Å². The molecule has 0 radical (unpaired) electrons. The maximum Gasteiger partial charge on any atom is 0.162 e. The Morgan fingerprint density at radius 3 is 2.37 bits per heavy atom. The minimum atomic E-state index is -0.0744. The Kier molecular flexibility index (Phi) is 6.59. The lowest BCUT2D eigenvalue weighted by atomic mass is 10.1. The van der Waals surface area contributed by atoms with Crippen molar-refractivity contribution in [3.8, 4) is 28.4 Å². The number of rotatable bonds is 8. The smallest absolute Gasteiger partial charge is 0.162 e. The van der Waals surface area contributed by atoms with Crippen molar-refractivity contribution in [1.82, 2.24) is 19.9 Å². The molecule has 3 N–H and O–H groups in total. The van der Waals surface area contributed by atoms with E-state index in [2.05, 4.69) is 27.4 Å². The summed E-state index contributed by atoms with van der Waals surface area (Å²) >= 11 is 0. The summed E-state index contributed by atoms with van der Waals surface area (Å²) in [6, 6.07) is 23.7. The van der Waals surface area contributed by atoms with Crippen LogP contribution in [0.2, 0.25) is 0 Å². The molecule has 5 aromatic rings. The van der Waals surface area contributed by atoms with Crippen LogP contribution in [0.4, 0.5) is 5.82 Å². The van der Waals surface area contributed by atoms with Crippen LogP contribution in [-0.2, 0) is 6.42 Å². The van der Waals surface area contributed by atoms with Gasteiger partial charge in [-0.15, -0.1) is 0 Å². The lowest BCUT2D eigenvalue weighted by molar-refractivity contribution is 0.415. The number of hydrogen-bond donors (Lipinski definition) is 2. The molecule has 0 aliphatic carbocycles. The standard InChI is InChI=1S/C28H26N6O/c1-35-23-9-7-20(8-10-23)25-26-24(13-16-31-25)28(34-27(33-26)21-11-14-30-15-12-21)32-18-22(29)17-19-5-3-2-4-6-19/h2-16,22H,17-18,29H2,1H3,(H,32,33,34)/t22-/m1/s1. The fraction of sp³-hybridized carbons (Fsp3) is 0.143. The van der Waals surface area contributed by atoms with Crippen LogP contribution in [0.25, 0.3) is 33.5 Å². The molecule has 0 aliphatic rings. The quantitative estimate of drug-likeness (QED) is 0.343. The Morgan fingerprint density at radius 1 is 0.857 bits per heavy atom. The van der Waals surface area contributed by atoms with Gasteiger partial charge >= 0.3 is 0 Å². The van der Waals surface area contributed by atoms with E-state index in [9.17, 15) is 0 Å². The van der Waals surface area contributed by atoms with E-state index in [-0.39, 0.29) is 6.04 Å². The van der Waals surface area contributed by atoms with Gasteiger partial charge in [0.2, 0.25) is 0 Å².